The van der Waals surface area contributed by atoms with Crippen LogP contribution >= 0.6 is 11.3 Å². The minimum atomic E-state index is -3.68. The Bertz CT molecular complexity index is 1140. The molecule has 0 unspecified atom stereocenters. The van der Waals surface area contributed by atoms with Crippen LogP contribution in [0.3, 0.4) is 0 Å². The van der Waals surface area contributed by atoms with E-state index < -0.39 is 20.0 Å². The van der Waals surface area contributed by atoms with E-state index in [4.69, 9.17) is 0 Å². The first kappa shape index (κ1) is 23.9. The van der Waals surface area contributed by atoms with Gasteiger partial charge in [0.25, 0.3) is 20.0 Å². The topological polar surface area (TPSA) is 122 Å². The largest absolute Gasteiger partial charge is 0.351 e. The molecule has 10 nitrogen and oxygen atoms in total. The molecule has 1 N–H and O–H groups in total. The molecule has 1 aliphatic heterocycles. The van der Waals surface area contributed by atoms with Crippen LogP contribution in [-0.4, -0.2) is 68.1 Å². The normalized spacial score (nSPS) is 16.7. The van der Waals surface area contributed by atoms with E-state index in [9.17, 15) is 21.6 Å². The summed E-state index contributed by atoms with van der Waals surface area (Å²) in [5.74, 6) is 0.168. The summed E-state index contributed by atoms with van der Waals surface area (Å²) in [7, 11) is -2.48. The number of carbonyl (C=O) groups excluding carboxylic acids is 1. The fourth-order valence-corrected chi connectivity index (χ4v) is 7.19. The minimum Gasteiger partial charge on any atom is -0.351 e. The molecule has 1 saturated heterocycles. The van der Waals surface area contributed by atoms with Crippen molar-refractivity contribution in [2.45, 2.75) is 35.5 Å². The maximum absolute atomic E-state index is 12.8. The van der Waals surface area contributed by atoms with Gasteiger partial charge in [-0.15, -0.1) is 11.3 Å². The Kier molecular flexibility index (Phi) is 6.91. The second kappa shape index (κ2) is 8.98. The number of aromatic nitrogens is 2. The van der Waals surface area contributed by atoms with Crippen LogP contribution < -0.4 is 5.32 Å². The van der Waals surface area contributed by atoms with E-state index in [-0.39, 0.29) is 40.7 Å². The van der Waals surface area contributed by atoms with Crippen molar-refractivity contribution >= 4 is 37.3 Å². The molecule has 0 aromatic carbocycles. The van der Waals surface area contributed by atoms with Gasteiger partial charge in [-0.3, -0.25) is 4.79 Å². The third kappa shape index (κ3) is 5.00. The van der Waals surface area contributed by atoms with Gasteiger partial charge in [-0.25, -0.2) is 26.1 Å². The standard InChI is InChI=1S/C18H27N5O5S3/c1-13-20-16(12-22(13)4)30(25,26)23-9-7-14(8-10-23)18(24)19-11-15-5-6-17(29-15)31(27,28)21(2)3/h5-6,12,14H,7-11H2,1-4H3,(H,19,24). The molecule has 1 amide bonds. The van der Waals surface area contributed by atoms with Crippen LogP contribution in [-0.2, 0) is 38.4 Å². The van der Waals surface area contributed by atoms with Gasteiger partial charge >= 0.3 is 0 Å². The van der Waals surface area contributed by atoms with Crippen LogP contribution in [0.15, 0.2) is 27.6 Å². The highest BCUT2D eigenvalue weighted by Gasteiger charge is 2.33. The van der Waals surface area contributed by atoms with E-state index >= 15 is 0 Å². The molecule has 2 aromatic rings. The molecule has 31 heavy (non-hydrogen) atoms. The van der Waals surface area contributed by atoms with Crippen molar-refractivity contribution in [2.24, 2.45) is 13.0 Å². The molecule has 172 valence electrons. The molecule has 3 heterocycles. The lowest BCUT2D eigenvalue weighted by atomic mass is 9.97. The Hall–Kier alpha value is -1.80. The van der Waals surface area contributed by atoms with Crippen LogP contribution in [0.5, 0.6) is 0 Å². The van der Waals surface area contributed by atoms with E-state index in [0.717, 1.165) is 20.5 Å². The number of imidazole rings is 1. The summed E-state index contributed by atoms with van der Waals surface area (Å²) in [4.78, 5) is 17.4. The fourth-order valence-electron chi connectivity index (χ4n) is 3.23. The summed E-state index contributed by atoms with van der Waals surface area (Å²) in [6, 6.07) is 3.22. The monoisotopic (exact) mass is 489 g/mol. The molecule has 0 atom stereocenters. The van der Waals surface area contributed by atoms with E-state index in [2.05, 4.69) is 10.3 Å². The predicted octanol–water partition coefficient (Wildman–Crippen LogP) is 0.757. The third-order valence-corrected chi connectivity index (χ3v) is 10.5. The molecule has 3 rings (SSSR count). The highest BCUT2D eigenvalue weighted by Crippen LogP contribution is 2.25. The molecule has 13 heteroatoms. The molecule has 2 aromatic heterocycles. The number of piperidine rings is 1. The van der Waals surface area contributed by atoms with E-state index in [1.165, 1.54) is 30.7 Å². The first-order valence-electron chi connectivity index (χ1n) is 9.72. The van der Waals surface area contributed by atoms with Gasteiger partial charge in [-0.05, 0) is 31.9 Å². The predicted molar refractivity (Wildman–Crippen MR) is 116 cm³/mol. The van der Waals surface area contributed by atoms with Gasteiger partial charge < -0.3 is 9.88 Å². The Morgan fingerprint density at radius 2 is 1.87 bits per heavy atom. The molecule has 0 radical (unpaired) electrons. The molecular formula is C18H27N5O5S3. The van der Waals surface area contributed by atoms with Crippen LogP contribution in [0.4, 0.5) is 0 Å². The second-order valence-corrected chi connectivity index (χ2v) is 13.1. The maximum atomic E-state index is 12.8. The highest BCUT2D eigenvalue weighted by atomic mass is 32.2. The number of sulfonamides is 2. The Balaban J connectivity index is 1.54. The summed E-state index contributed by atoms with van der Waals surface area (Å²) in [5.41, 5.74) is 0. The van der Waals surface area contributed by atoms with Crippen molar-refractivity contribution < 1.29 is 21.6 Å². The number of carbonyl (C=O) groups is 1. The number of nitrogens with zero attached hydrogens (tertiary/aromatic N) is 4. The number of aryl methyl sites for hydroxylation is 2. The molecule has 0 saturated carbocycles. The van der Waals surface area contributed by atoms with Gasteiger partial charge in [0.15, 0.2) is 5.03 Å². The lowest BCUT2D eigenvalue weighted by Gasteiger charge is -2.29. The Morgan fingerprint density at radius 1 is 1.23 bits per heavy atom. The molecule has 0 aliphatic carbocycles. The summed E-state index contributed by atoms with van der Waals surface area (Å²) >= 11 is 1.12. The molecule has 1 aliphatic rings. The maximum Gasteiger partial charge on any atom is 0.262 e. The number of thiophene rings is 1. The van der Waals surface area contributed by atoms with Crippen LogP contribution in [0.1, 0.15) is 23.5 Å². The second-order valence-electron chi connectivity index (χ2n) is 7.64. The number of hydrogen-bond donors (Lipinski definition) is 1. The van der Waals surface area contributed by atoms with Gasteiger partial charge in [0.2, 0.25) is 5.91 Å². The van der Waals surface area contributed by atoms with Crippen LogP contribution in [0.2, 0.25) is 0 Å². The highest BCUT2D eigenvalue weighted by molar-refractivity contribution is 7.91. The Morgan fingerprint density at radius 3 is 2.42 bits per heavy atom. The Labute approximate surface area is 187 Å². The van der Waals surface area contributed by atoms with Crippen molar-refractivity contribution in [3.63, 3.8) is 0 Å². The van der Waals surface area contributed by atoms with Crippen molar-refractivity contribution in [3.05, 3.63) is 29.0 Å². The SMILES string of the molecule is Cc1nc(S(=O)(=O)N2CCC(C(=O)NCc3ccc(S(=O)(=O)N(C)C)s3)CC2)cn1C. The number of nitrogens with one attached hydrogen (secondary N) is 1. The minimum absolute atomic E-state index is 0.0246. The summed E-state index contributed by atoms with van der Waals surface area (Å²) in [6.07, 6.45) is 2.33. The molecule has 0 bridgehead atoms. The number of rotatable bonds is 7. The van der Waals surface area contributed by atoms with Crippen molar-refractivity contribution in [2.75, 3.05) is 27.2 Å². The zero-order valence-electron chi connectivity index (χ0n) is 17.9. The third-order valence-electron chi connectivity index (χ3n) is 5.32. The van der Waals surface area contributed by atoms with Crippen LogP contribution in [0, 0.1) is 12.8 Å². The zero-order chi connectivity index (χ0) is 23.0. The quantitative estimate of drug-likeness (QED) is 0.613. The molecule has 0 spiro atoms. The van der Waals surface area contributed by atoms with Gasteiger partial charge in [-0.1, -0.05) is 0 Å². The number of amides is 1. The van der Waals surface area contributed by atoms with Gasteiger partial charge in [0.1, 0.15) is 10.0 Å². The van der Waals surface area contributed by atoms with Gasteiger partial charge in [-0.2, -0.15) is 4.31 Å². The average molecular weight is 490 g/mol. The van der Waals surface area contributed by atoms with E-state index in [1.807, 2.05) is 0 Å². The van der Waals surface area contributed by atoms with E-state index in [1.54, 1.807) is 24.6 Å². The van der Waals surface area contributed by atoms with Gasteiger partial charge in [0.05, 0.1) is 6.54 Å². The summed E-state index contributed by atoms with van der Waals surface area (Å²) < 4.78 is 54.3. The first-order chi connectivity index (χ1) is 14.4. The average Bonchev–Trinajstić information content (AvgIpc) is 3.33. The van der Waals surface area contributed by atoms with Crippen molar-refractivity contribution in [1.29, 1.82) is 0 Å². The fraction of sp³-hybridized carbons (Fsp3) is 0.556. The zero-order valence-corrected chi connectivity index (χ0v) is 20.3. The lowest BCUT2D eigenvalue weighted by Crippen LogP contribution is -2.42. The molecular weight excluding hydrogens is 462 g/mol. The number of hydrogen-bond acceptors (Lipinski definition) is 7. The smallest absolute Gasteiger partial charge is 0.262 e. The first-order valence-corrected chi connectivity index (χ1v) is 13.4. The van der Waals surface area contributed by atoms with E-state index in [0.29, 0.717) is 18.7 Å². The lowest BCUT2D eigenvalue weighted by molar-refractivity contribution is -0.126. The van der Waals surface area contributed by atoms with Crippen molar-refractivity contribution in [3.8, 4) is 0 Å². The summed E-state index contributed by atoms with van der Waals surface area (Å²) in [5, 5.41) is 2.86. The summed E-state index contributed by atoms with van der Waals surface area (Å²) in [6.45, 7) is 2.47. The molecule has 1 fully saturated rings. The van der Waals surface area contributed by atoms with Gasteiger partial charge in [0, 0.05) is 51.2 Å². The van der Waals surface area contributed by atoms with Crippen molar-refractivity contribution in [1.82, 2.24) is 23.5 Å². The van der Waals surface area contributed by atoms with Crippen LogP contribution in [0.25, 0.3) is 0 Å².